The molecule has 0 N–H and O–H groups in total. The molecule has 0 fully saturated rings. The molecule has 2 aromatic heterocycles. The van der Waals surface area contributed by atoms with Crippen LogP contribution < -0.4 is 10.3 Å². The number of nitrogens with zero attached hydrogens (tertiary/aromatic N) is 4. The standard InChI is InChI=1S/C18H15FN4O2/c1-2-22-17(24)14-5-3-4-6-15(14)23-16(20-21-18(22)23)11-25-13-9-7-12(19)8-10-13/h3-10H,2,11H2,1H3. The molecule has 25 heavy (non-hydrogen) atoms. The van der Waals surface area contributed by atoms with Gasteiger partial charge in [0.15, 0.2) is 5.82 Å². The van der Waals surface area contributed by atoms with Crippen molar-refractivity contribution in [3.8, 4) is 5.75 Å². The molecule has 126 valence electrons. The van der Waals surface area contributed by atoms with E-state index in [9.17, 15) is 9.18 Å². The Morgan fingerprint density at radius 2 is 1.84 bits per heavy atom. The first-order valence-electron chi connectivity index (χ1n) is 7.93. The third-order valence-electron chi connectivity index (χ3n) is 4.07. The van der Waals surface area contributed by atoms with E-state index in [4.69, 9.17) is 4.74 Å². The molecule has 2 aromatic carbocycles. The van der Waals surface area contributed by atoms with Gasteiger partial charge >= 0.3 is 0 Å². The van der Waals surface area contributed by atoms with E-state index in [1.165, 1.54) is 12.1 Å². The lowest BCUT2D eigenvalue weighted by molar-refractivity contribution is 0.294. The van der Waals surface area contributed by atoms with Gasteiger partial charge in [-0.1, -0.05) is 12.1 Å². The number of aromatic nitrogens is 4. The normalized spacial score (nSPS) is 11.3. The maximum absolute atomic E-state index is 13.0. The fourth-order valence-corrected chi connectivity index (χ4v) is 2.87. The number of halogens is 1. The van der Waals surface area contributed by atoms with Crippen LogP contribution in [0.1, 0.15) is 12.7 Å². The van der Waals surface area contributed by atoms with Crippen molar-refractivity contribution in [1.82, 2.24) is 19.2 Å². The van der Waals surface area contributed by atoms with Crippen LogP contribution in [0.2, 0.25) is 0 Å². The van der Waals surface area contributed by atoms with Gasteiger partial charge < -0.3 is 4.74 Å². The maximum Gasteiger partial charge on any atom is 0.262 e. The maximum atomic E-state index is 13.0. The van der Waals surface area contributed by atoms with Crippen LogP contribution in [0.3, 0.4) is 0 Å². The van der Waals surface area contributed by atoms with Gasteiger partial charge in [-0.05, 0) is 43.3 Å². The Kier molecular flexibility index (Phi) is 3.68. The minimum atomic E-state index is -0.321. The number of para-hydroxylation sites is 1. The van der Waals surface area contributed by atoms with Crippen LogP contribution in [0.4, 0.5) is 4.39 Å². The lowest BCUT2D eigenvalue weighted by Crippen LogP contribution is -2.22. The Balaban J connectivity index is 1.84. The van der Waals surface area contributed by atoms with E-state index >= 15 is 0 Å². The van der Waals surface area contributed by atoms with Gasteiger partial charge in [-0.2, -0.15) is 0 Å². The molecule has 0 aliphatic rings. The summed E-state index contributed by atoms with van der Waals surface area (Å²) in [6, 6.07) is 13.1. The highest BCUT2D eigenvalue weighted by molar-refractivity contribution is 5.80. The highest BCUT2D eigenvalue weighted by atomic mass is 19.1. The van der Waals surface area contributed by atoms with Gasteiger partial charge in [-0.15, -0.1) is 10.2 Å². The summed E-state index contributed by atoms with van der Waals surface area (Å²) in [4.78, 5) is 12.6. The van der Waals surface area contributed by atoms with E-state index in [1.807, 2.05) is 29.5 Å². The molecule has 6 nitrogen and oxygen atoms in total. The van der Waals surface area contributed by atoms with Crippen molar-refractivity contribution < 1.29 is 9.13 Å². The molecular weight excluding hydrogens is 323 g/mol. The van der Waals surface area contributed by atoms with Crippen LogP contribution in [0.15, 0.2) is 53.3 Å². The third-order valence-corrected chi connectivity index (χ3v) is 4.07. The van der Waals surface area contributed by atoms with Gasteiger partial charge in [-0.25, -0.2) is 4.39 Å². The molecule has 2 heterocycles. The van der Waals surface area contributed by atoms with E-state index in [1.54, 1.807) is 22.8 Å². The summed E-state index contributed by atoms with van der Waals surface area (Å²) < 4.78 is 22.1. The van der Waals surface area contributed by atoms with Crippen LogP contribution in [-0.2, 0) is 13.2 Å². The van der Waals surface area contributed by atoms with E-state index < -0.39 is 0 Å². The molecule has 0 spiro atoms. The van der Waals surface area contributed by atoms with Gasteiger partial charge in [0, 0.05) is 6.54 Å². The Labute approximate surface area is 142 Å². The predicted molar refractivity (Wildman–Crippen MR) is 91.2 cm³/mol. The molecule has 0 radical (unpaired) electrons. The zero-order valence-electron chi connectivity index (χ0n) is 13.5. The summed E-state index contributed by atoms with van der Waals surface area (Å²) in [5.41, 5.74) is 0.638. The first-order chi connectivity index (χ1) is 12.2. The summed E-state index contributed by atoms with van der Waals surface area (Å²) in [5.74, 6) is 1.26. The van der Waals surface area contributed by atoms with Crippen molar-refractivity contribution in [2.24, 2.45) is 0 Å². The van der Waals surface area contributed by atoms with Gasteiger partial charge in [0.25, 0.3) is 5.56 Å². The van der Waals surface area contributed by atoms with Crippen molar-refractivity contribution in [3.05, 3.63) is 70.5 Å². The molecular formula is C18H15FN4O2. The number of fused-ring (bicyclic) bond motifs is 3. The summed E-state index contributed by atoms with van der Waals surface area (Å²) in [6.07, 6.45) is 0. The number of benzene rings is 2. The molecule has 0 aliphatic heterocycles. The number of rotatable bonds is 4. The van der Waals surface area contributed by atoms with Crippen molar-refractivity contribution >= 4 is 16.7 Å². The van der Waals surface area contributed by atoms with Crippen molar-refractivity contribution in [3.63, 3.8) is 0 Å². The van der Waals surface area contributed by atoms with Crippen LogP contribution in [-0.4, -0.2) is 19.2 Å². The topological polar surface area (TPSA) is 61.4 Å². The fourth-order valence-electron chi connectivity index (χ4n) is 2.87. The second-order valence-electron chi connectivity index (χ2n) is 5.56. The summed E-state index contributed by atoms with van der Waals surface area (Å²) >= 11 is 0. The predicted octanol–water partition coefficient (Wildman–Crippen LogP) is 2.78. The summed E-state index contributed by atoms with van der Waals surface area (Å²) in [5, 5.41) is 8.94. The smallest absolute Gasteiger partial charge is 0.262 e. The SMILES string of the molecule is CCn1c(=O)c2ccccc2n2c(COc3ccc(F)cc3)nnc12. The summed E-state index contributed by atoms with van der Waals surface area (Å²) in [7, 11) is 0. The molecule has 0 aliphatic carbocycles. The van der Waals surface area contributed by atoms with Crippen LogP contribution >= 0.6 is 0 Å². The molecule has 7 heteroatoms. The molecule has 0 atom stereocenters. The monoisotopic (exact) mass is 338 g/mol. The first-order valence-corrected chi connectivity index (χ1v) is 7.93. The van der Waals surface area contributed by atoms with Crippen LogP contribution in [0.5, 0.6) is 5.75 Å². The van der Waals surface area contributed by atoms with E-state index in [0.717, 1.165) is 5.52 Å². The zero-order valence-corrected chi connectivity index (χ0v) is 13.5. The minimum absolute atomic E-state index is 0.0935. The zero-order chi connectivity index (χ0) is 17.4. The molecule has 4 aromatic rings. The molecule has 4 rings (SSSR count). The molecule has 0 amide bonds. The quantitative estimate of drug-likeness (QED) is 0.574. The Bertz CT molecular complexity index is 1120. The highest BCUT2D eigenvalue weighted by Crippen LogP contribution is 2.17. The van der Waals surface area contributed by atoms with E-state index in [2.05, 4.69) is 10.2 Å². The number of aryl methyl sites for hydroxylation is 1. The van der Waals surface area contributed by atoms with Gasteiger partial charge in [-0.3, -0.25) is 13.8 Å². The Hall–Kier alpha value is -3.22. The van der Waals surface area contributed by atoms with E-state index in [-0.39, 0.29) is 18.0 Å². The summed E-state index contributed by atoms with van der Waals surface area (Å²) in [6.45, 7) is 2.53. The molecule has 0 bridgehead atoms. The van der Waals surface area contributed by atoms with Gasteiger partial charge in [0.2, 0.25) is 5.78 Å². The number of hydrogen-bond acceptors (Lipinski definition) is 4. The molecule has 0 unspecified atom stereocenters. The van der Waals surface area contributed by atoms with Crippen molar-refractivity contribution in [1.29, 1.82) is 0 Å². The third kappa shape index (κ3) is 2.53. The van der Waals surface area contributed by atoms with Crippen molar-refractivity contribution in [2.75, 3.05) is 0 Å². The highest BCUT2D eigenvalue weighted by Gasteiger charge is 2.15. The van der Waals surface area contributed by atoms with Crippen molar-refractivity contribution in [2.45, 2.75) is 20.1 Å². The Morgan fingerprint density at radius 3 is 2.60 bits per heavy atom. The minimum Gasteiger partial charge on any atom is -0.486 e. The van der Waals surface area contributed by atoms with Gasteiger partial charge in [0.1, 0.15) is 18.2 Å². The fraction of sp³-hybridized carbons (Fsp3) is 0.167. The van der Waals surface area contributed by atoms with Crippen LogP contribution in [0, 0.1) is 5.82 Å². The molecule has 0 saturated carbocycles. The average Bonchev–Trinajstić information content (AvgIpc) is 3.06. The average molecular weight is 338 g/mol. The number of ether oxygens (including phenoxy) is 1. The second kappa shape index (κ2) is 6.01. The second-order valence-corrected chi connectivity index (χ2v) is 5.56. The molecule has 0 saturated heterocycles. The van der Waals surface area contributed by atoms with Gasteiger partial charge in [0.05, 0.1) is 10.9 Å². The number of hydrogen-bond donors (Lipinski definition) is 0. The Morgan fingerprint density at radius 1 is 1.08 bits per heavy atom. The first kappa shape index (κ1) is 15.3. The lowest BCUT2D eigenvalue weighted by Gasteiger charge is -2.10. The van der Waals surface area contributed by atoms with E-state index in [0.29, 0.717) is 29.3 Å². The van der Waals surface area contributed by atoms with Crippen LogP contribution in [0.25, 0.3) is 16.7 Å². The largest absolute Gasteiger partial charge is 0.486 e. The lowest BCUT2D eigenvalue weighted by atomic mass is 10.2.